The van der Waals surface area contributed by atoms with Crippen LogP contribution < -0.4 is 10.9 Å². The predicted molar refractivity (Wildman–Crippen MR) is 137 cm³/mol. The summed E-state index contributed by atoms with van der Waals surface area (Å²) in [6.07, 6.45) is 0.207. The maximum atomic E-state index is 12.6. The second kappa shape index (κ2) is 12.9. The third-order valence-corrected chi connectivity index (χ3v) is 7.91. The number of nitrogens with one attached hydrogen (secondary N) is 2. The first-order valence-corrected chi connectivity index (χ1v) is 13.5. The Morgan fingerprint density at radius 2 is 2.08 bits per heavy atom. The fourth-order valence-electron chi connectivity index (χ4n) is 4.01. The molecule has 0 bridgehead atoms. The van der Waals surface area contributed by atoms with Gasteiger partial charge in [0.1, 0.15) is 12.3 Å². The predicted octanol–water partition coefficient (Wildman–Crippen LogP) is 2.66. The summed E-state index contributed by atoms with van der Waals surface area (Å²) in [5.41, 5.74) is -0.154. The van der Waals surface area contributed by atoms with Crippen LogP contribution in [0.3, 0.4) is 0 Å². The van der Waals surface area contributed by atoms with Crippen LogP contribution in [0, 0.1) is 17.2 Å². The molecule has 3 rings (SSSR count). The van der Waals surface area contributed by atoms with Crippen LogP contribution in [0.2, 0.25) is 0 Å². The molecule has 0 aromatic carbocycles. The number of aromatic amines is 1. The standard InChI is InChI=1S/C23H36N7O6P/c1-13(2)21(32)27-23-26-20-19(22(33)28-23)25-12-29(20)18-10-16(17(11-31)35-18)36-37(34-9-7-8-24)30(14(3)4)15(5)6/h12-18,31H,7,9-11H2,1-6H3,(H2,26,27,28,32,33)/t16-,17-,18-,37?/m1/s1. The van der Waals surface area contributed by atoms with Crippen molar-refractivity contribution in [3.63, 3.8) is 0 Å². The topological polar surface area (TPSA) is 168 Å². The molecule has 2 aromatic rings. The van der Waals surface area contributed by atoms with Crippen LogP contribution in [-0.2, 0) is 18.6 Å². The Morgan fingerprint density at radius 3 is 2.68 bits per heavy atom. The second-order valence-corrected chi connectivity index (χ2v) is 11.0. The van der Waals surface area contributed by atoms with Crippen molar-refractivity contribution in [3.8, 4) is 6.07 Å². The molecule has 1 fully saturated rings. The van der Waals surface area contributed by atoms with Gasteiger partial charge in [0.15, 0.2) is 11.2 Å². The highest BCUT2D eigenvalue weighted by Crippen LogP contribution is 2.50. The van der Waals surface area contributed by atoms with Crippen molar-refractivity contribution in [2.45, 2.75) is 84.9 Å². The zero-order valence-electron chi connectivity index (χ0n) is 22.0. The number of H-pyrrole nitrogens is 1. The van der Waals surface area contributed by atoms with Gasteiger partial charge in [-0.2, -0.15) is 10.2 Å². The maximum absolute atomic E-state index is 12.6. The summed E-state index contributed by atoms with van der Waals surface area (Å²) in [5, 5.41) is 21.6. The Hall–Kier alpha value is -2.46. The minimum Gasteiger partial charge on any atom is -0.394 e. The van der Waals surface area contributed by atoms with E-state index < -0.39 is 32.5 Å². The van der Waals surface area contributed by atoms with Gasteiger partial charge in [-0.3, -0.25) is 24.5 Å². The number of carbonyl (C=O) groups is 1. The van der Waals surface area contributed by atoms with Crippen LogP contribution >= 0.6 is 8.53 Å². The molecule has 0 spiro atoms. The van der Waals surface area contributed by atoms with E-state index in [0.717, 1.165) is 0 Å². The molecule has 4 atom stereocenters. The number of nitrogens with zero attached hydrogens (tertiary/aromatic N) is 5. The molecule has 1 aliphatic rings. The SMILES string of the molecule is CC(C)C(=O)Nc1nc2c(ncn2[C@H]2C[C@@H](OP(OCCC#N)N(C(C)C)C(C)C)[C@@H](CO)O2)c(=O)[nH]1. The Kier molecular flexibility index (Phi) is 10.1. The number of aliphatic hydroxyl groups is 1. The summed E-state index contributed by atoms with van der Waals surface area (Å²) >= 11 is 0. The van der Waals surface area contributed by atoms with E-state index in [2.05, 4.69) is 31.0 Å². The molecule has 2 aromatic heterocycles. The average Bonchev–Trinajstić information content (AvgIpc) is 3.42. The summed E-state index contributed by atoms with van der Waals surface area (Å²) in [6.45, 7) is 11.6. The number of fused-ring (bicyclic) bond motifs is 1. The molecule has 0 aliphatic carbocycles. The number of aliphatic hydroxyl groups excluding tert-OH is 1. The van der Waals surface area contributed by atoms with Crippen molar-refractivity contribution in [1.29, 1.82) is 5.26 Å². The zero-order chi connectivity index (χ0) is 27.3. The number of hydrogen-bond donors (Lipinski definition) is 3. The van der Waals surface area contributed by atoms with Crippen LogP contribution in [0.5, 0.6) is 0 Å². The molecule has 204 valence electrons. The van der Waals surface area contributed by atoms with E-state index >= 15 is 0 Å². The first-order chi connectivity index (χ1) is 17.6. The summed E-state index contributed by atoms with van der Waals surface area (Å²) in [7, 11) is -1.55. The number of ether oxygens (including phenoxy) is 1. The van der Waals surface area contributed by atoms with Gasteiger partial charge < -0.3 is 18.9 Å². The maximum Gasteiger partial charge on any atom is 0.280 e. The van der Waals surface area contributed by atoms with E-state index in [4.69, 9.17) is 19.0 Å². The lowest BCUT2D eigenvalue weighted by molar-refractivity contribution is -0.118. The molecule has 1 saturated heterocycles. The van der Waals surface area contributed by atoms with Crippen molar-refractivity contribution in [2.75, 3.05) is 18.5 Å². The van der Waals surface area contributed by atoms with Crippen LogP contribution in [0.4, 0.5) is 5.95 Å². The number of carbonyl (C=O) groups excluding carboxylic acids is 1. The largest absolute Gasteiger partial charge is 0.394 e. The molecule has 3 N–H and O–H groups in total. The quantitative estimate of drug-likeness (QED) is 0.270. The van der Waals surface area contributed by atoms with Gasteiger partial charge in [-0.25, -0.2) is 9.65 Å². The molecule has 1 aliphatic heterocycles. The number of anilines is 1. The lowest BCUT2D eigenvalue weighted by atomic mass is 10.2. The van der Waals surface area contributed by atoms with Crippen molar-refractivity contribution in [1.82, 2.24) is 24.2 Å². The van der Waals surface area contributed by atoms with E-state index in [1.165, 1.54) is 6.33 Å². The second-order valence-electron chi connectivity index (χ2n) is 9.62. The molecule has 0 radical (unpaired) electrons. The molecule has 3 heterocycles. The molecule has 14 heteroatoms. The average molecular weight is 538 g/mol. The molecule has 1 unspecified atom stereocenters. The summed E-state index contributed by atoms with van der Waals surface area (Å²) in [5.74, 6) is -0.570. The molecular weight excluding hydrogens is 501 g/mol. The third-order valence-electron chi connectivity index (χ3n) is 5.76. The zero-order valence-corrected chi connectivity index (χ0v) is 22.9. The summed E-state index contributed by atoms with van der Waals surface area (Å²) in [6, 6.07) is 2.31. The van der Waals surface area contributed by atoms with Gasteiger partial charge in [0.2, 0.25) is 11.9 Å². The highest BCUT2D eigenvalue weighted by atomic mass is 31.2. The van der Waals surface area contributed by atoms with Crippen LogP contribution in [0.25, 0.3) is 11.2 Å². The van der Waals surface area contributed by atoms with E-state index in [-0.39, 0.29) is 60.7 Å². The Labute approximate surface area is 217 Å². The normalized spacial score (nSPS) is 20.9. The first kappa shape index (κ1) is 29.1. The van der Waals surface area contributed by atoms with Crippen LogP contribution in [0.15, 0.2) is 11.1 Å². The first-order valence-electron chi connectivity index (χ1n) is 12.4. The lowest BCUT2D eigenvalue weighted by Gasteiger charge is -2.37. The Balaban J connectivity index is 1.87. The minimum atomic E-state index is -1.55. The van der Waals surface area contributed by atoms with Crippen molar-refractivity contribution < 1.29 is 23.7 Å². The van der Waals surface area contributed by atoms with Gasteiger partial charge in [0, 0.05) is 24.4 Å². The highest BCUT2D eigenvalue weighted by Gasteiger charge is 2.41. The molecule has 0 saturated carbocycles. The molecule has 13 nitrogen and oxygen atoms in total. The summed E-state index contributed by atoms with van der Waals surface area (Å²) in [4.78, 5) is 35.8. The van der Waals surface area contributed by atoms with Gasteiger partial charge in [0.25, 0.3) is 14.1 Å². The molecule has 37 heavy (non-hydrogen) atoms. The van der Waals surface area contributed by atoms with Gasteiger partial charge in [-0.15, -0.1) is 0 Å². The van der Waals surface area contributed by atoms with E-state index in [0.29, 0.717) is 6.42 Å². The van der Waals surface area contributed by atoms with E-state index in [9.17, 15) is 14.7 Å². The van der Waals surface area contributed by atoms with Crippen molar-refractivity contribution >= 4 is 31.5 Å². The van der Waals surface area contributed by atoms with Crippen LogP contribution in [-0.4, -0.2) is 72.7 Å². The van der Waals surface area contributed by atoms with Gasteiger partial charge >= 0.3 is 0 Å². The third kappa shape index (κ3) is 6.90. The van der Waals surface area contributed by atoms with Gasteiger partial charge in [0.05, 0.1) is 38.1 Å². The number of nitriles is 1. The van der Waals surface area contributed by atoms with Crippen LogP contribution in [0.1, 0.15) is 60.6 Å². The highest BCUT2D eigenvalue weighted by molar-refractivity contribution is 7.44. The lowest BCUT2D eigenvalue weighted by Crippen LogP contribution is -2.36. The minimum absolute atomic E-state index is 0.0152. The van der Waals surface area contributed by atoms with Gasteiger partial charge in [-0.05, 0) is 27.7 Å². The number of hydrogen-bond acceptors (Lipinski definition) is 10. The number of amides is 1. The van der Waals surface area contributed by atoms with Crippen molar-refractivity contribution in [3.05, 3.63) is 16.7 Å². The van der Waals surface area contributed by atoms with E-state index in [1.807, 2.05) is 27.7 Å². The fourth-order valence-corrected chi connectivity index (χ4v) is 5.77. The van der Waals surface area contributed by atoms with Gasteiger partial charge in [-0.1, -0.05) is 13.8 Å². The molecule has 1 amide bonds. The fraction of sp³-hybridized carbons (Fsp3) is 0.696. The Morgan fingerprint density at radius 1 is 1.38 bits per heavy atom. The smallest absolute Gasteiger partial charge is 0.280 e. The Bertz CT molecular complexity index is 1150. The number of imidazole rings is 1. The van der Waals surface area contributed by atoms with Crippen molar-refractivity contribution in [2.24, 2.45) is 5.92 Å². The summed E-state index contributed by atoms with van der Waals surface area (Å²) < 4.78 is 22.2. The number of rotatable bonds is 12. The monoisotopic (exact) mass is 537 g/mol. The molecular formula is C23H36N7O6P. The number of aromatic nitrogens is 4. The van der Waals surface area contributed by atoms with E-state index in [1.54, 1.807) is 18.4 Å².